The molecule has 0 fully saturated rings. The number of benzene rings is 1. The van der Waals surface area contributed by atoms with E-state index in [9.17, 15) is 14.7 Å². The van der Waals surface area contributed by atoms with Gasteiger partial charge < -0.3 is 20.7 Å². The maximum Gasteiger partial charge on any atom is 0.326 e. The quantitative estimate of drug-likeness (QED) is 0.697. The topological polar surface area (TPSA) is 97.4 Å². The molecule has 7 heteroatoms. The van der Waals surface area contributed by atoms with E-state index in [1.54, 1.807) is 0 Å². The number of hydrogen-bond donors (Lipinski definition) is 3. The van der Waals surface area contributed by atoms with Crippen LogP contribution in [-0.2, 0) is 23.1 Å². The Kier molecular flexibility index (Phi) is 7.45. The van der Waals surface area contributed by atoms with Gasteiger partial charge in [0.2, 0.25) is 5.91 Å². The predicted molar refractivity (Wildman–Crippen MR) is 101 cm³/mol. The van der Waals surface area contributed by atoms with E-state index in [2.05, 4.69) is 5.32 Å². The molecular formula is C18H26ClN3O3. The number of fused-ring (bicyclic) bond motifs is 1. The van der Waals surface area contributed by atoms with Crippen LogP contribution in [0.4, 0.5) is 0 Å². The number of aromatic nitrogens is 1. The molecule has 2 aromatic rings. The smallest absolute Gasteiger partial charge is 0.326 e. The van der Waals surface area contributed by atoms with Crippen molar-refractivity contribution in [1.29, 1.82) is 0 Å². The SMILES string of the molecule is CCC(C)[C@H](N)C(=O)N[C@H](Cc1cn(C)c2ccccc12)C(=O)O.Cl. The highest BCUT2D eigenvalue weighted by Crippen LogP contribution is 2.21. The third-order valence-electron chi connectivity index (χ3n) is 4.58. The molecule has 0 aliphatic heterocycles. The summed E-state index contributed by atoms with van der Waals surface area (Å²) in [6, 6.07) is 6.08. The molecule has 4 N–H and O–H groups in total. The van der Waals surface area contributed by atoms with Crippen molar-refractivity contribution in [3.8, 4) is 0 Å². The summed E-state index contributed by atoms with van der Waals surface area (Å²) < 4.78 is 1.95. The number of carbonyl (C=O) groups is 2. The van der Waals surface area contributed by atoms with Crippen LogP contribution in [0.15, 0.2) is 30.5 Å². The van der Waals surface area contributed by atoms with E-state index in [1.807, 2.05) is 55.9 Å². The van der Waals surface area contributed by atoms with Gasteiger partial charge in [-0.2, -0.15) is 0 Å². The molecule has 2 rings (SSSR count). The van der Waals surface area contributed by atoms with Crippen LogP contribution < -0.4 is 11.1 Å². The summed E-state index contributed by atoms with van der Waals surface area (Å²) in [4.78, 5) is 23.8. The molecule has 1 amide bonds. The van der Waals surface area contributed by atoms with Gasteiger partial charge in [0.25, 0.3) is 0 Å². The Morgan fingerprint density at radius 3 is 2.56 bits per heavy atom. The zero-order valence-corrected chi connectivity index (χ0v) is 15.5. The zero-order valence-electron chi connectivity index (χ0n) is 14.7. The largest absolute Gasteiger partial charge is 0.480 e. The highest BCUT2D eigenvalue weighted by atomic mass is 35.5. The fraction of sp³-hybridized carbons (Fsp3) is 0.444. The van der Waals surface area contributed by atoms with Gasteiger partial charge in [-0.05, 0) is 17.5 Å². The third kappa shape index (κ3) is 4.74. The molecule has 0 saturated carbocycles. The summed E-state index contributed by atoms with van der Waals surface area (Å²) in [6.07, 6.45) is 2.88. The molecule has 25 heavy (non-hydrogen) atoms. The van der Waals surface area contributed by atoms with Crippen LogP contribution in [0.2, 0.25) is 0 Å². The van der Waals surface area contributed by atoms with Gasteiger partial charge in [0.05, 0.1) is 6.04 Å². The number of nitrogens with two attached hydrogens (primary N) is 1. The molecule has 1 heterocycles. The van der Waals surface area contributed by atoms with Crippen LogP contribution in [0.25, 0.3) is 10.9 Å². The number of carboxylic acids is 1. The van der Waals surface area contributed by atoms with E-state index in [1.165, 1.54) is 0 Å². The van der Waals surface area contributed by atoms with Gasteiger partial charge in [0.1, 0.15) is 6.04 Å². The first-order valence-electron chi connectivity index (χ1n) is 8.16. The van der Waals surface area contributed by atoms with Crippen molar-refractivity contribution in [2.24, 2.45) is 18.7 Å². The number of aliphatic carboxylic acids is 1. The number of amides is 1. The summed E-state index contributed by atoms with van der Waals surface area (Å²) in [6.45, 7) is 3.83. The van der Waals surface area contributed by atoms with Gasteiger partial charge in [-0.15, -0.1) is 12.4 Å². The van der Waals surface area contributed by atoms with Gasteiger partial charge >= 0.3 is 5.97 Å². The Balaban J connectivity index is 0.00000312. The fourth-order valence-electron chi connectivity index (χ4n) is 2.79. The van der Waals surface area contributed by atoms with E-state index in [0.717, 1.165) is 22.9 Å². The second-order valence-corrected chi connectivity index (χ2v) is 6.30. The summed E-state index contributed by atoms with van der Waals surface area (Å²) in [5, 5.41) is 13.1. The van der Waals surface area contributed by atoms with Crippen molar-refractivity contribution in [3.05, 3.63) is 36.0 Å². The minimum atomic E-state index is -1.06. The van der Waals surface area contributed by atoms with Gasteiger partial charge in [-0.25, -0.2) is 4.79 Å². The van der Waals surface area contributed by atoms with Crippen molar-refractivity contribution in [1.82, 2.24) is 9.88 Å². The molecule has 1 unspecified atom stereocenters. The summed E-state index contributed by atoms with van der Waals surface area (Å²) >= 11 is 0. The molecule has 138 valence electrons. The molecule has 0 radical (unpaired) electrons. The average molecular weight is 368 g/mol. The molecule has 3 atom stereocenters. The van der Waals surface area contributed by atoms with E-state index in [-0.39, 0.29) is 24.7 Å². The van der Waals surface area contributed by atoms with Crippen molar-refractivity contribution in [2.75, 3.05) is 0 Å². The number of carbonyl (C=O) groups excluding carboxylic acids is 1. The highest BCUT2D eigenvalue weighted by Gasteiger charge is 2.26. The fourth-order valence-corrected chi connectivity index (χ4v) is 2.79. The van der Waals surface area contributed by atoms with Crippen molar-refractivity contribution < 1.29 is 14.7 Å². The predicted octanol–water partition coefficient (Wildman–Crippen LogP) is 2.09. The number of hydrogen-bond acceptors (Lipinski definition) is 3. The molecule has 0 saturated heterocycles. The van der Waals surface area contributed by atoms with Gasteiger partial charge in [-0.3, -0.25) is 4.79 Å². The Morgan fingerprint density at radius 2 is 1.96 bits per heavy atom. The van der Waals surface area contributed by atoms with E-state index >= 15 is 0 Å². The number of carboxylic acid groups (broad SMARTS) is 1. The van der Waals surface area contributed by atoms with Crippen LogP contribution in [0.5, 0.6) is 0 Å². The molecule has 0 bridgehead atoms. The van der Waals surface area contributed by atoms with Gasteiger partial charge in [-0.1, -0.05) is 38.5 Å². The molecule has 1 aromatic carbocycles. The summed E-state index contributed by atoms with van der Waals surface area (Å²) in [7, 11) is 1.92. The summed E-state index contributed by atoms with van der Waals surface area (Å²) in [5.41, 5.74) is 7.81. The third-order valence-corrected chi connectivity index (χ3v) is 4.58. The first-order chi connectivity index (χ1) is 11.3. The molecular weight excluding hydrogens is 342 g/mol. The van der Waals surface area contributed by atoms with Crippen molar-refractivity contribution >= 4 is 35.2 Å². The monoisotopic (exact) mass is 367 g/mol. The van der Waals surface area contributed by atoms with Crippen LogP contribution in [-0.4, -0.2) is 33.6 Å². The lowest BCUT2D eigenvalue weighted by molar-refractivity contribution is -0.142. The first kappa shape index (κ1) is 21.0. The minimum Gasteiger partial charge on any atom is -0.480 e. The molecule has 0 spiro atoms. The van der Waals surface area contributed by atoms with Crippen LogP contribution in [0, 0.1) is 5.92 Å². The number of nitrogens with one attached hydrogen (secondary N) is 1. The number of halogens is 1. The van der Waals surface area contributed by atoms with Crippen molar-refractivity contribution in [3.63, 3.8) is 0 Å². The minimum absolute atomic E-state index is 0. The Hall–Kier alpha value is -2.05. The highest BCUT2D eigenvalue weighted by molar-refractivity contribution is 5.88. The maximum atomic E-state index is 12.2. The number of rotatable bonds is 7. The second kappa shape index (κ2) is 8.87. The van der Waals surface area contributed by atoms with Crippen LogP contribution >= 0.6 is 12.4 Å². The van der Waals surface area contributed by atoms with Crippen LogP contribution in [0.1, 0.15) is 25.8 Å². The van der Waals surface area contributed by atoms with E-state index in [0.29, 0.717) is 0 Å². The summed E-state index contributed by atoms with van der Waals surface area (Å²) in [5.74, 6) is -1.48. The van der Waals surface area contributed by atoms with E-state index < -0.39 is 24.0 Å². The first-order valence-corrected chi connectivity index (χ1v) is 8.16. The second-order valence-electron chi connectivity index (χ2n) is 6.30. The lowest BCUT2D eigenvalue weighted by Gasteiger charge is -2.21. The Bertz CT molecular complexity index is 744. The van der Waals surface area contributed by atoms with Crippen molar-refractivity contribution in [2.45, 2.75) is 38.8 Å². The van der Waals surface area contributed by atoms with E-state index in [4.69, 9.17) is 5.73 Å². The molecule has 0 aliphatic rings. The number of para-hydroxylation sites is 1. The van der Waals surface area contributed by atoms with Gasteiger partial charge in [0.15, 0.2) is 0 Å². The lowest BCUT2D eigenvalue weighted by atomic mass is 9.98. The molecule has 1 aromatic heterocycles. The molecule has 0 aliphatic carbocycles. The standard InChI is InChI=1S/C18H25N3O3.ClH/c1-4-11(2)16(19)17(22)20-14(18(23)24)9-12-10-21(3)15-8-6-5-7-13(12)15;/h5-8,10-11,14,16H,4,9,19H2,1-3H3,(H,20,22)(H,23,24);1H/t11?,14-,16+;/m1./s1. The Morgan fingerprint density at radius 1 is 1.32 bits per heavy atom. The zero-order chi connectivity index (χ0) is 17.9. The Labute approximate surface area is 153 Å². The van der Waals surface area contributed by atoms with Crippen LogP contribution in [0.3, 0.4) is 0 Å². The molecule has 6 nitrogen and oxygen atoms in total. The number of nitrogens with zero attached hydrogens (tertiary/aromatic N) is 1. The maximum absolute atomic E-state index is 12.2. The number of aryl methyl sites for hydroxylation is 1. The average Bonchev–Trinajstić information content (AvgIpc) is 2.89. The normalized spacial score (nSPS) is 14.4. The van der Waals surface area contributed by atoms with Gasteiger partial charge in [0, 0.05) is 30.6 Å². The lowest BCUT2D eigenvalue weighted by Crippen LogP contribution is -2.51.